The molecule has 0 amide bonds. The van der Waals surface area contributed by atoms with Gasteiger partial charge in [-0.2, -0.15) is 0 Å². The van der Waals surface area contributed by atoms with E-state index in [0.717, 1.165) is 32.3 Å². The summed E-state index contributed by atoms with van der Waals surface area (Å²) >= 11 is 0. The molecule has 2 aliphatic rings. The van der Waals surface area contributed by atoms with Crippen LogP contribution in [-0.4, -0.2) is 39.5 Å². The van der Waals surface area contributed by atoms with E-state index in [4.69, 9.17) is 9.47 Å². The molecule has 3 heteroatoms. The predicted octanol–water partition coefficient (Wildman–Crippen LogP) is 1.04. The lowest BCUT2D eigenvalue weighted by molar-refractivity contribution is 0.0577. The molecule has 0 aromatic rings. The fourth-order valence-corrected chi connectivity index (χ4v) is 2.16. The van der Waals surface area contributed by atoms with Gasteiger partial charge in [0.25, 0.3) is 0 Å². The smallest absolute Gasteiger partial charge is 0.0517 e. The minimum Gasteiger partial charge on any atom is -0.381 e. The maximum atomic E-state index is 5.75. The molecule has 0 spiro atoms. The lowest BCUT2D eigenvalue weighted by atomic mass is 9.99. The number of nitrogens with one attached hydrogen (secondary N) is 1. The summed E-state index contributed by atoms with van der Waals surface area (Å²) in [5.41, 5.74) is 0. The summed E-state index contributed by atoms with van der Waals surface area (Å²) in [6.45, 7) is 6.04. The molecule has 0 aromatic carbocycles. The SMILES string of the molecule is C1CC(COCC2CCOC2)CCN1. The summed E-state index contributed by atoms with van der Waals surface area (Å²) in [5.74, 6) is 1.45. The van der Waals surface area contributed by atoms with Gasteiger partial charge in [0.15, 0.2) is 0 Å². The third-order valence-electron chi connectivity index (χ3n) is 3.19. The zero-order valence-electron chi connectivity index (χ0n) is 8.84. The Morgan fingerprint density at radius 2 is 1.86 bits per heavy atom. The van der Waals surface area contributed by atoms with Crippen molar-refractivity contribution < 1.29 is 9.47 Å². The van der Waals surface area contributed by atoms with Gasteiger partial charge in [-0.3, -0.25) is 0 Å². The second-order valence-electron chi connectivity index (χ2n) is 4.46. The Kier molecular flexibility index (Phi) is 4.22. The lowest BCUT2D eigenvalue weighted by Crippen LogP contribution is -2.30. The van der Waals surface area contributed by atoms with Crippen molar-refractivity contribution in [2.45, 2.75) is 19.3 Å². The van der Waals surface area contributed by atoms with Gasteiger partial charge in [0.2, 0.25) is 0 Å². The van der Waals surface area contributed by atoms with E-state index in [1.165, 1.54) is 32.4 Å². The highest BCUT2D eigenvalue weighted by Gasteiger charge is 2.17. The Balaban J connectivity index is 1.52. The fourth-order valence-electron chi connectivity index (χ4n) is 2.16. The average Bonchev–Trinajstić information content (AvgIpc) is 2.72. The van der Waals surface area contributed by atoms with Crippen molar-refractivity contribution in [1.29, 1.82) is 0 Å². The number of hydrogen-bond acceptors (Lipinski definition) is 3. The first-order valence-corrected chi connectivity index (χ1v) is 5.81. The van der Waals surface area contributed by atoms with Crippen molar-refractivity contribution >= 4 is 0 Å². The maximum Gasteiger partial charge on any atom is 0.0517 e. The number of hydrogen-bond donors (Lipinski definition) is 1. The van der Waals surface area contributed by atoms with Gasteiger partial charge in [0.05, 0.1) is 13.2 Å². The van der Waals surface area contributed by atoms with Crippen LogP contribution >= 0.6 is 0 Å². The molecule has 1 N–H and O–H groups in total. The average molecular weight is 199 g/mol. The van der Waals surface area contributed by atoms with E-state index in [1.807, 2.05) is 0 Å². The van der Waals surface area contributed by atoms with Gasteiger partial charge in [-0.25, -0.2) is 0 Å². The molecule has 0 radical (unpaired) electrons. The van der Waals surface area contributed by atoms with E-state index in [9.17, 15) is 0 Å². The van der Waals surface area contributed by atoms with Crippen molar-refractivity contribution in [3.8, 4) is 0 Å². The predicted molar refractivity (Wildman–Crippen MR) is 55.3 cm³/mol. The van der Waals surface area contributed by atoms with Gasteiger partial charge < -0.3 is 14.8 Å². The summed E-state index contributed by atoms with van der Waals surface area (Å²) in [6, 6.07) is 0. The van der Waals surface area contributed by atoms with Crippen molar-refractivity contribution in [1.82, 2.24) is 5.32 Å². The second-order valence-corrected chi connectivity index (χ2v) is 4.46. The van der Waals surface area contributed by atoms with E-state index in [2.05, 4.69) is 5.32 Å². The first kappa shape index (κ1) is 10.4. The Hall–Kier alpha value is -0.120. The van der Waals surface area contributed by atoms with E-state index >= 15 is 0 Å². The molecular weight excluding hydrogens is 178 g/mol. The Labute approximate surface area is 86.2 Å². The molecule has 14 heavy (non-hydrogen) atoms. The van der Waals surface area contributed by atoms with Crippen LogP contribution in [0.2, 0.25) is 0 Å². The zero-order chi connectivity index (χ0) is 9.64. The summed E-state index contributed by atoms with van der Waals surface area (Å²) in [7, 11) is 0. The van der Waals surface area contributed by atoms with Crippen LogP contribution in [0.15, 0.2) is 0 Å². The van der Waals surface area contributed by atoms with Crippen LogP contribution in [0.1, 0.15) is 19.3 Å². The quantitative estimate of drug-likeness (QED) is 0.734. The third kappa shape index (κ3) is 3.23. The minimum absolute atomic E-state index is 0.664. The molecule has 3 nitrogen and oxygen atoms in total. The van der Waals surface area contributed by atoms with Crippen molar-refractivity contribution in [2.75, 3.05) is 39.5 Å². The van der Waals surface area contributed by atoms with Crippen molar-refractivity contribution in [3.63, 3.8) is 0 Å². The monoisotopic (exact) mass is 199 g/mol. The summed E-state index contributed by atoms with van der Waals surface area (Å²) in [5, 5.41) is 3.37. The van der Waals surface area contributed by atoms with Crippen LogP contribution in [0.5, 0.6) is 0 Å². The summed E-state index contributed by atoms with van der Waals surface area (Å²) in [6.07, 6.45) is 3.74. The van der Waals surface area contributed by atoms with Crippen LogP contribution < -0.4 is 5.32 Å². The van der Waals surface area contributed by atoms with Crippen LogP contribution in [-0.2, 0) is 9.47 Å². The molecule has 82 valence electrons. The van der Waals surface area contributed by atoms with Gasteiger partial charge in [0, 0.05) is 19.1 Å². The second kappa shape index (κ2) is 5.69. The molecule has 0 bridgehead atoms. The molecule has 2 fully saturated rings. The highest BCUT2D eigenvalue weighted by atomic mass is 16.5. The zero-order valence-corrected chi connectivity index (χ0v) is 8.84. The topological polar surface area (TPSA) is 30.5 Å². The first-order chi connectivity index (χ1) is 6.95. The maximum absolute atomic E-state index is 5.75. The molecule has 1 atom stereocenters. The lowest BCUT2D eigenvalue weighted by Gasteiger charge is -2.22. The van der Waals surface area contributed by atoms with Crippen LogP contribution in [0.25, 0.3) is 0 Å². The highest BCUT2D eigenvalue weighted by molar-refractivity contribution is 4.68. The van der Waals surface area contributed by atoms with Gasteiger partial charge >= 0.3 is 0 Å². The highest BCUT2D eigenvalue weighted by Crippen LogP contribution is 2.15. The molecule has 0 saturated carbocycles. The summed E-state index contributed by atoms with van der Waals surface area (Å²) in [4.78, 5) is 0. The van der Waals surface area contributed by atoms with Crippen molar-refractivity contribution in [2.24, 2.45) is 11.8 Å². The van der Waals surface area contributed by atoms with E-state index in [1.54, 1.807) is 0 Å². The Morgan fingerprint density at radius 3 is 2.57 bits per heavy atom. The van der Waals surface area contributed by atoms with E-state index < -0.39 is 0 Å². The van der Waals surface area contributed by atoms with E-state index in [-0.39, 0.29) is 0 Å². The number of ether oxygens (including phenoxy) is 2. The third-order valence-corrected chi connectivity index (χ3v) is 3.19. The number of piperidine rings is 1. The normalized spacial score (nSPS) is 29.6. The van der Waals surface area contributed by atoms with Crippen LogP contribution in [0.3, 0.4) is 0 Å². The fraction of sp³-hybridized carbons (Fsp3) is 1.00. The van der Waals surface area contributed by atoms with Gasteiger partial charge in [-0.1, -0.05) is 0 Å². The van der Waals surface area contributed by atoms with Crippen LogP contribution in [0.4, 0.5) is 0 Å². The van der Waals surface area contributed by atoms with Gasteiger partial charge in [-0.05, 0) is 38.3 Å². The summed E-state index contributed by atoms with van der Waals surface area (Å²) < 4.78 is 11.1. The van der Waals surface area contributed by atoms with Crippen LogP contribution in [0, 0.1) is 11.8 Å². The molecule has 0 aliphatic carbocycles. The Bertz CT molecular complexity index is 151. The van der Waals surface area contributed by atoms with Gasteiger partial charge in [-0.15, -0.1) is 0 Å². The van der Waals surface area contributed by atoms with E-state index in [0.29, 0.717) is 5.92 Å². The molecule has 2 rings (SSSR count). The largest absolute Gasteiger partial charge is 0.381 e. The molecule has 1 unspecified atom stereocenters. The van der Waals surface area contributed by atoms with Crippen molar-refractivity contribution in [3.05, 3.63) is 0 Å². The Morgan fingerprint density at radius 1 is 1.07 bits per heavy atom. The first-order valence-electron chi connectivity index (χ1n) is 5.81. The molecule has 2 aliphatic heterocycles. The minimum atomic E-state index is 0.664. The number of rotatable bonds is 4. The standard InChI is InChI=1S/C11H21NO2/c1-4-12-5-2-10(1)7-14-9-11-3-6-13-8-11/h10-12H,1-9H2. The molecule has 2 heterocycles. The van der Waals surface area contributed by atoms with Gasteiger partial charge in [0.1, 0.15) is 0 Å². The molecular formula is C11H21NO2. The molecule has 0 aromatic heterocycles. The molecule has 2 saturated heterocycles.